The Bertz CT molecular complexity index is 581. The number of nitrogens with two attached hydrogens (primary N) is 1. The van der Waals surface area contributed by atoms with Crippen LogP contribution in [0.1, 0.15) is 18.2 Å². The predicted octanol–water partition coefficient (Wildman–Crippen LogP) is 1.88. The highest BCUT2D eigenvalue weighted by molar-refractivity contribution is 5.84. The molecular formula is C16H21N3O2. The van der Waals surface area contributed by atoms with Gasteiger partial charge in [-0.3, -0.25) is 4.79 Å². The van der Waals surface area contributed by atoms with Gasteiger partial charge in [0.05, 0.1) is 12.8 Å². The number of rotatable bonds is 6. The summed E-state index contributed by atoms with van der Waals surface area (Å²) in [5, 5.41) is 2.87. The molecule has 1 aromatic heterocycles. The number of nitrogens with one attached hydrogen (secondary N) is 1. The fraction of sp³-hybridized carbons (Fsp3) is 0.312. The van der Waals surface area contributed by atoms with E-state index >= 15 is 0 Å². The lowest BCUT2D eigenvalue weighted by Crippen LogP contribution is -2.43. The van der Waals surface area contributed by atoms with Gasteiger partial charge in [0.25, 0.3) is 0 Å². The molecule has 1 aromatic carbocycles. The highest BCUT2D eigenvalue weighted by Crippen LogP contribution is 2.17. The van der Waals surface area contributed by atoms with Crippen molar-refractivity contribution in [3.63, 3.8) is 0 Å². The quantitative estimate of drug-likeness (QED) is 0.851. The number of hydrogen-bond acceptors (Lipinski definition) is 4. The summed E-state index contributed by atoms with van der Waals surface area (Å²) in [6.07, 6.45) is 1.59. The Morgan fingerprint density at radius 3 is 2.86 bits per heavy atom. The molecule has 3 N–H and O–H groups in total. The second-order valence-corrected chi connectivity index (χ2v) is 4.96. The van der Waals surface area contributed by atoms with E-state index < -0.39 is 0 Å². The third-order valence-electron chi connectivity index (χ3n) is 3.53. The van der Waals surface area contributed by atoms with Crippen molar-refractivity contribution < 1.29 is 9.21 Å². The largest absolute Gasteiger partial charge is 0.467 e. The van der Waals surface area contributed by atoms with Gasteiger partial charge in [0.15, 0.2) is 0 Å². The number of benzene rings is 1. The summed E-state index contributed by atoms with van der Waals surface area (Å²) in [6, 6.07) is 11.2. The standard InChI is InChI=1S/C16H21N3O2/c1-12(16(20)18-11-15-7-4-8-21-15)19(2)14-6-3-5-13(9-14)10-17/h3-9,12H,10-11,17H2,1-2H3,(H,18,20). The van der Waals surface area contributed by atoms with E-state index in [0.717, 1.165) is 17.0 Å². The summed E-state index contributed by atoms with van der Waals surface area (Å²) < 4.78 is 5.20. The van der Waals surface area contributed by atoms with E-state index in [1.807, 2.05) is 49.2 Å². The van der Waals surface area contributed by atoms with E-state index in [1.54, 1.807) is 12.3 Å². The van der Waals surface area contributed by atoms with Crippen molar-refractivity contribution in [3.05, 3.63) is 54.0 Å². The van der Waals surface area contributed by atoms with Crippen molar-refractivity contribution in [2.24, 2.45) is 5.73 Å². The molecule has 5 nitrogen and oxygen atoms in total. The first-order valence-electron chi connectivity index (χ1n) is 6.93. The maximum absolute atomic E-state index is 12.2. The first-order chi connectivity index (χ1) is 10.1. The summed E-state index contributed by atoms with van der Waals surface area (Å²) >= 11 is 0. The van der Waals surface area contributed by atoms with Crippen molar-refractivity contribution in [2.45, 2.75) is 26.1 Å². The molecular weight excluding hydrogens is 266 g/mol. The molecule has 0 saturated heterocycles. The van der Waals surface area contributed by atoms with Gasteiger partial charge in [0, 0.05) is 19.3 Å². The van der Waals surface area contributed by atoms with Gasteiger partial charge in [-0.25, -0.2) is 0 Å². The molecule has 0 aliphatic rings. The Labute approximate surface area is 124 Å². The molecule has 0 spiro atoms. The minimum absolute atomic E-state index is 0.0490. The SMILES string of the molecule is CC(C(=O)NCc1ccco1)N(C)c1cccc(CN)c1. The summed E-state index contributed by atoms with van der Waals surface area (Å²) in [4.78, 5) is 14.1. The molecule has 0 bridgehead atoms. The third-order valence-corrected chi connectivity index (χ3v) is 3.53. The molecule has 1 atom stereocenters. The number of hydrogen-bond donors (Lipinski definition) is 2. The van der Waals surface area contributed by atoms with E-state index in [0.29, 0.717) is 13.1 Å². The van der Waals surface area contributed by atoms with Gasteiger partial charge in [0.1, 0.15) is 11.8 Å². The zero-order valence-corrected chi connectivity index (χ0v) is 12.4. The van der Waals surface area contributed by atoms with Crippen molar-refractivity contribution in [1.82, 2.24) is 5.32 Å². The average Bonchev–Trinajstić information content (AvgIpc) is 3.04. The van der Waals surface area contributed by atoms with Crippen molar-refractivity contribution in [2.75, 3.05) is 11.9 Å². The van der Waals surface area contributed by atoms with Gasteiger partial charge in [-0.05, 0) is 36.8 Å². The first kappa shape index (κ1) is 15.1. The smallest absolute Gasteiger partial charge is 0.242 e. The highest BCUT2D eigenvalue weighted by Gasteiger charge is 2.18. The Hall–Kier alpha value is -2.27. The summed E-state index contributed by atoms with van der Waals surface area (Å²) in [5.41, 5.74) is 7.66. The van der Waals surface area contributed by atoms with Crippen LogP contribution in [0.2, 0.25) is 0 Å². The topological polar surface area (TPSA) is 71.5 Å². The molecule has 112 valence electrons. The average molecular weight is 287 g/mol. The molecule has 1 amide bonds. The number of anilines is 1. The van der Waals surface area contributed by atoms with Crippen LogP contribution in [0.3, 0.4) is 0 Å². The van der Waals surface area contributed by atoms with Gasteiger partial charge >= 0.3 is 0 Å². The van der Waals surface area contributed by atoms with Crippen LogP contribution in [0.25, 0.3) is 0 Å². The molecule has 0 aliphatic carbocycles. The first-order valence-corrected chi connectivity index (χ1v) is 6.93. The van der Waals surface area contributed by atoms with E-state index in [4.69, 9.17) is 10.2 Å². The summed E-state index contributed by atoms with van der Waals surface area (Å²) in [7, 11) is 1.90. The molecule has 1 unspecified atom stereocenters. The monoisotopic (exact) mass is 287 g/mol. The number of nitrogens with zero attached hydrogens (tertiary/aromatic N) is 1. The fourth-order valence-electron chi connectivity index (χ4n) is 2.04. The number of carbonyl (C=O) groups is 1. The predicted molar refractivity (Wildman–Crippen MR) is 82.8 cm³/mol. The van der Waals surface area contributed by atoms with Crippen LogP contribution in [0.15, 0.2) is 47.1 Å². The van der Waals surface area contributed by atoms with Crippen LogP contribution in [0, 0.1) is 0 Å². The van der Waals surface area contributed by atoms with E-state index in [2.05, 4.69) is 5.32 Å². The molecule has 5 heteroatoms. The molecule has 0 fully saturated rings. The fourth-order valence-corrected chi connectivity index (χ4v) is 2.04. The summed E-state index contributed by atoms with van der Waals surface area (Å²) in [6.45, 7) is 2.75. The molecule has 21 heavy (non-hydrogen) atoms. The van der Waals surface area contributed by atoms with Gasteiger partial charge in [-0.2, -0.15) is 0 Å². The van der Waals surface area contributed by atoms with Gasteiger partial charge in [-0.1, -0.05) is 12.1 Å². The van der Waals surface area contributed by atoms with Crippen LogP contribution in [-0.4, -0.2) is 19.0 Å². The summed E-state index contributed by atoms with van der Waals surface area (Å²) in [5.74, 6) is 0.690. The van der Waals surface area contributed by atoms with Gasteiger partial charge in [-0.15, -0.1) is 0 Å². The van der Waals surface area contributed by atoms with Gasteiger partial charge < -0.3 is 20.4 Å². The molecule has 1 heterocycles. The van der Waals surface area contributed by atoms with Crippen LogP contribution in [-0.2, 0) is 17.9 Å². The number of furan rings is 1. The maximum atomic E-state index is 12.2. The number of carbonyl (C=O) groups excluding carboxylic acids is 1. The minimum Gasteiger partial charge on any atom is -0.467 e. The second kappa shape index (κ2) is 6.95. The van der Waals surface area contributed by atoms with Crippen LogP contribution >= 0.6 is 0 Å². The highest BCUT2D eigenvalue weighted by atomic mass is 16.3. The zero-order chi connectivity index (χ0) is 15.2. The van der Waals surface area contributed by atoms with E-state index in [1.165, 1.54) is 0 Å². The van der Waals surface area contributed by atoms with Crippen molar-refractivity contribution >= 4 is 11.6 Å². The third kappa shape index (κ3) is 3.86. The van der Waals surface area contributed by atoms with Crippen LogP contribution < -0.4 is 16.0 Å². The lowest BCUT2D eigenvalue weighted by molar-refractivity contribution is -0.122. The van der Waals surface area contributed by atoms with Crippen LogP contribution in [0.4, 0.5) is 5.69 Å². The normalized spacial score (nSPS) is 12.0. The lowest BCUT2D eigenvalue weighted by Gasteiger charge is -2.26. The van der Waals surface area contributed by atoms with E-state index in [-0.39, 0.29) is 11.9 Å². The molecule has 2 aromatic rings. The van der Waals surface area contributed by atoms with Crippen molar-refractivity contribution in [3.8, 4) is 0 Å². The minimum atomic E-state index is -0.284. The van der Waals surface area contributed by atoms with Crippen molar-refractivity contribution in [1.29, 1.82) is 0 Å². The van der Waals surface area contributed by atoms with E-state index in [9.17, 15) is 4.79 Å². The molecule has 0 radical (unpaired) electrons. The Morgan fingerprint density at radius 1 is 1.38 bits per heavy atom. The number of likely N-dealkylation sites (N-methyl/N-ethyl adjacent to an activating group) is 1. The van der Waals surface area contributed by atoms with Gasteiger partial charge in [0.2, 0.25) is 5.91 Å². The maximum Gasteiger partial charge on any atom is 0.242 e. The zero-order valence-electron chi connectivity index (χ0n) is 12.4. The Kier molecular flexibility index (Phi) is 5.00. The van der Waals surface area contributed by atoms with Crippen LogP contribution in [0.5, 0.6) is 0 Å². The molecule has 0 aliphatic heterocycles. The lowest BCUT2D eigenvalue weighted by atomic mass is 10.1. The molecule has 2 rings (SSSR count). The Balaban J connectivity index is 1.97. The number of amides is 1. The molecule has 0 saturated carbocycles. The second-order valence-electron chi connectivity index (χ2n) is 4.96. The Morgan fingerprint density at radius 2 is 2.19 bits per heavy atom.